The highest BCUT2D eigenvalue weighted by Crippen LogP contribution is 2.38. The molecule has 6 atom stereocenters. The van der Waals surface area contributed by atoms with Crippen LogP contribution in [0.3, 0.4) is 0 Å². The van der Waals surface area contributed by atoms with E-state index in [9.17, 15) is 14.0 Å². The zero-order chi connectivity index (χ0) is 24.0. The van der Waals surface area contributed by atoms with Gasteiger partial charge in [0.1, 0.15) is 12.2 Å². The number of piperazine rings is 1. The van der Waals surface area contributed by atoms with E-state index in [4.69, 9.17) is 9.94 Å². The first kappa shape index (κ1) is 26.3. The van der Waals surface area contributed by atoms with Gasteiger partial charge in [-0.05, 0) is 45.1 Å². The SMILES string of the molecule is CC(=O)N1CCN(C)CC1CO.CC1CCC(F)C2CC(C(=O)NC3CCCCC3)NOC12. The predicted octanol–water partition coefficient (Wildman–Crippen LogP) is 1.62. The lowest BCUT2D eigenvalue weighted by Gasteiger charge is -2.43. The van der Waals surface area contributed by atoms with Crippen molar-refractivity contribution < 1.29 is 23.9 Å². The standard InChI is InChI=1S/C16H27FN2O2.C8H16N2O2/c1-10-7-8-13(17)12-9-14(19-21-15(10)12)16(20)18-11-5-3-2-4-6-11;1-7(12)10-4-3-9(2)5-8(10)6-11/h10-15,19H,2-9H2,1H3,(H,18,20);8,11H,3-6H2,1-2H3. The lowest BCUT2D eigenvalue weighted by Crippen LogP contribution is -2.58. The topological polar surface area (TPSA) is 94.1 Å². The first-order valence-corrected chi connectivity index (χ1v) is 12.7. The second-order valence-electron chi connectivity index (χ2n) is 10.4. The molecule has 0 bridgehead atoms. The van der Waals surface area contributed by atoms with Crippen molar-refractivity contribution >= 4 is 11.8 Å². The molecule has 2 aliphatic heterocycles. The Morgan fingerprint density at radius 2 is 1.88 bits per heavy atom. The highest BCUT2D eigenvalue weighted by atomic mass is 19.1. The van der Waals surface area contributed by atoms with Crippen molar-refractivity contribution in [2.75, 3.05) is 33.3 Å². The minimum atomic E-state index is -0.835. The molecule has 190 valence electrons. The van der Waals surface area contributed by atoms with Gasteiger partial charge in [-0.25, -0.2) is 4.39 Å². The van der Waals surface area contributed by atoms with Crippen molar-refractivity contribution in [3.8, 4) is 0 Å². The van der Waals surface area contributed by atoms with Gasteiger partial charge in [-0.2, -0.15) is 5.48 Å². The van der Waals surface area contributed by atoms with Crippen LogP contribution in [0.4, 0.5) is 4.39 Å². The maximum Gasteiger partial charge on any atom is 0.239 e. The third-order valence-electron chi connectivity index (χ3n) is 7.77. The third-order valence-corrected chi connectivity index (χ3v) is 7.77. The Kier molecular flexibility index (Phi) is 9.91. The van der Waals surface area contributed by atoms with Gasteiger partial charge >= 0.3 is 0 Å². The number of likely N-dealkylation sites (N-methyl/N-ethyl adjacent to an activating group) is 1. The molecule has 9 heteroatoms. The molecule has 4 aliphatic rings. The molecule has 4 rings (SSSR count). The van der Waals surface area contributed by atoms with Gasteiger partial charge in [-0.3, -0.25) is 14.4 Å². The molecule has 0 aromatic heterocycles. The van der Waals surface area contributed by atoms with Crippen LogP contribution in [-0.2, 0) is 14.4 Å². The first-order chi connectivity index (χ1) is 15.8. The molecular formula is C24H43FN4O4. The summed E-state index contributed by atoms with van der Waals surface area (Å²) in [5.41, 5.74) is 2.88. The number of halogens is 1. The van der Waals surface area contributed by atoms with E-state index in [0.717, 1.165) is 38.9 Å². The molecule has 2 aliphatic carbocycles. The number of amides is 2. The van der Waals surface area contributed by atoms with E-state index >= 15 is 0 Å². The molecule has 2 saturated carbocycles. The molecule has 0 aromatic rings. The van der Waals surface area contributed by atoms with Gasteiger partial charge in [0.25, 0.3) is 0 Å². The Labute approximate surface area is 197 Å². The molecule has 2 saturated heterocycles. The van der Waals surface area contributed by atoms with Crippen molar-refractivity contribution in [1.82, 2.24) is 20.6 Å². The van der Waals surface area contributed by atoms with Crippen LogP contribution in [0.1, 0.15) is 65.2 Å². The molecule has 4 fully saturated rings. The van der Waals surface area contributed by atoms with Gasteiger partial charge in [0.15, 0.2) is 0 Å². The molecule has 33 heavy (non-hydrogen) atoms. The quantitative estimate of drug-likeness (QED) is 0.581. The Hall–Kier alpha value is -1.29. The summed E-state index contributed by atoms with van der Waals surface area (Å²) in [5.74, 6) is 0.252. The van der Waals surface area contributed by atoms with Crippen LogP contribution in [0.5, 0.6) is 0 Å². The van der Waals surface area contributed by atoms with Crippen molar-refractivity contribution in [1.29, 1.82) is 0 Å². The molecular weight excluding hydrogens is 427 g/mol. The number of hydrogen-bond donors (Lipinski definition) is 3. The van der Waals surface area contributed by atoms with Gasteiger partial charge in [-0.1, -0.05) is 26.2 Å². The van der Waals surface area contributed by atoms with Crippen LogP contribution in [0.25, 0.3) is 0 Å². The number of aliphatic hydroxyl groups excluding tert-OH is 1. The summed E-state index contributed by atoms with van der Waals surface area (Å²) >= 11 is 0. The number of hydroxylamine groups is 1. The average Bonchev–Trinajstić information content (AvgIpc) is 2.82. The summed E-state index contributed by atoms with van der Waals surface area (Å²) in [5, 5.41) is 12.1. The number of alkyl halides is 1. The van der Waals surface area contributed by atoms with Gasteiger partial charge in [0, 0.05) is 38.5 Å². The maximum atomic E-state index is 14.1. The zero-order valence-corrected chi connectivity index (χ0v) is 20.5. The van der Waals surface area contributed by atoms with E-state index in [-0.39, 0.29) is 42.5 Å². The van der Waals surface area contributed by atoms with E-state index < -0.39 is 12.2 Å². The monoisotopic (exact) mass is 470 g/mol. The minimum absolute atomic E-state index is 0.0127. The molecule has 8 nitrogen and oxygen atoms in total. The van der Waals surface area contributed by atoms with E-state index in [0.29, 0.717) is 18.8 Å². The van der Waals surface area contributed by atoms with Crippen LogP contribution in [0.2, 0.25) is 0 Å². The van der Waals surface area contributed by atoms with Crippen LogP contribution < -0.4 is 10.8 Å². The smallest absolute Gasteiger partial charge is 0.239 e. The average molecular weight is 471 g/mol. The van der Waals surface area contributed by atoms with E-state index in [2.05, 4.69) is 22.6 Å². The van der Waals surface area contributed by atoms with E-state index in [1.807, 2.05) is 7.05 Å². The van der Waals surface area contributed by atoms with E-state index in [1.54, 1.807) is 11.8 Å². The normalized spacial score (nSPS) is 35.7. The van der Waals surface area contributed by atoms with Crippen molar-refractivity contribution in [3.63, 3.8) is 0 Å². The Morgan fingerprint density at radius 3 is 2.55 bits per heavy atom. The van der Waals surface area contributed by atoms with Crippen LogP contribution >= 0.6 is 0 Å². The molecule has 2 heterocycles. The summed E-state index contributed by atoms with van der Waals surface area (Å²) in [6.07, 6.45) is 6.86. The highest BCUT2D eigenvalue weighted by Gasteiger charge is 2.44. The molecule has 6 unspecified atom stereocenters. The Morgan fingerprint density at radius 1 is 1.15 bits per heavy atom. The fraction of sp³-hybridized carbons (Fsp3) is 0.917. The number of rotatable bonds is 3. The molecule has 0 radical (unpaired) electrons. The second-order valence-corrected chi connectivity index (χ2v) is 10.4. The predicted molar refractivity (Wildman–Crippen MR) is 124 cm³/mol. The summed E-state index contributed by atoms with van der Waals surface area (Å²) in [6.45, 7) is 6.12. The third kappa shape index (κ3) is 7.10. The van der Waals surface area contributed by atoms with E-state index in [1.165, 1.54) is 19.3 Å². The van der Waals surface area contributed by atoms with Gasteiger partial charge in [-0.15, -0.1) is 0 Å². The maximum absolute atomic E-state index is 14.1. The number of fused-ring (bicyclic) bond motifs is 1. The number of nitrogens with one attached hydrogen (secondary N) is 2. The molecule has 2 amide bonds. The number of nitrogens with zero attached hydrogens (tertiary/aromatic N) is 2. The van der Waals surface area contributed by atoms with Crippen molar-refractivity contribution in [3.05, 3.63) is 0 Å². The fourth-order valence-electron chi connectivity index (χ4n) is 5.69. The van der Waals surface area contributed by atoms with Crippen molar-refractivity contribution in [2.45, 2.75) is 95.6 Å². The first-order valence-electron chi connectivity index (χ1n) is 12.7. The zero-order valence-electron chi connectivity index (χ0n) is 20.5. The minimum Gasteiger partial charge on any atom is -0.394 e. The summed E-state index contributed by atoms with van der Waals surface area (Å²) in [4.78, 5) is 32.9. The molecule has 3 N–H and O–H groups in total. The number of hydrogen-bond acceptors (Lipinski definition) is 6. The van der Waals surface area contributed by atoms with Gasteiger partial charge in [0.05, 0.1) is 18.8 Å². The second kappa shape index (κ2) is 12.4. The molecule has 0 spiro atoms. The van der Waals surface area contributed by atoms with Crippen LogP contribution in [-0.4, -0.2) is 90.4 Å². The number of carbonyl (C=O) groups excluding carboxylic acids is 2. The van der Waals surface area contributed by atoms with Crippen molar-refractivity contribution in [2.24, 2.45) is 11.8 Å². The molecule has 0 aromatic carbocycles. The highest BCUT2D eigenvalue weighted by molar-refractivity contribution is 5.82. The Bertz CT molecular complexity index is 648. The lowest BCUT2D eigenvalue weighted by atomic mass is 9.75. The largest absolute Gasteiger partial charge is 0.394 e. The van der Waals surface area contributed by atoms with Gasteiger partial charge < -0.3 is 20.2 Å². The number of aliphatic hydroxyl groups is 1. The Balaban J connectivity index is 0.000000218. The van der Waals surface area contributed by atoms with Crippen LogP contribution in [0.15, 0.2) is 0 Å². The lowest BCUT2D eigenvalue weighted by molar-refractivity contribution is -0.172. The van der Waals surface area contributed by atoms with Crippen LogP contribution in [0, 0.1) is 11.8 Å². The summed E-state index contributed by atoms with van der Waals surface area (Å²) in [7, 11) is 2.00. The number of carbonyl (C=O) groups is 2. The summed E-state index contributed by atoms with van der Waals surface area (Å²) < 4.78 is 14.1. The summed E-state index contributed by atoms with van der Waals surface area (Å²) in [6, 6.07) is -0.129. The van der Waals surface area contributed by atoms with Gasteiger partial charge in [0.2, 0.25) is 11.8 Å². The fourth-order valence-corrected chi connectivity index (χ4v) is 5.69.